The summed E-state index contributed by atoms with van der Waals surface area (Å²) in [6.45, 7) is 0. The van der Waals surface area contributed by atoms with Crippen molar-refractivity contribution in [3.05, 3.63) is 18.1 Å². The van der Waals surface area contributed by atoms with E-state index >= 15 is 0 Å². The fourth-order valence-electron chi connectivity index (χ4n) is 1.81. The molecule has 0 spiro atoms. The summed E-state index contributed by atoms with van der Waals surface area (Å²) in [7, 11) is -4.81. The summed E-state index contributed by atoms with van der Waals surface area (Å²) >= 11 is 0. The van der Waals surface area contributed by atoms with Crippen LogP contribution < -0.4 is 0 Å². The van der Waals surface area contributed by atoms with E-state index in [4.69, 9.17) is 0 Å². The lowest BCUT2D eigenvalue weighted by atomic mass is 10.3. The molecule has 0 aromatic carbocycles. The summed E-state index contributed by atoms with van der Waals surface area (Å²) < 4.78 is 35.2. The molecular weight excluding hydrogens is 245 g/mol. The Morgan fingerprint density at radius 1 is 1.41 bits per heavy atom. The molecule has 17 heavy (non-hydrogen) atoms. The number of aromatic amines is 1. The third-order valence-electron chi connectivity index (χ3n) is 2.83. The van der Waals surface area contributed by atoms with E-state index in [1.807, 2.05) is 0 Å². The summed E-state index contributed by atoms with van der Waals surface area (Å²) in [5.74, 6) is 0.899. The summed E-state index contributed by atoms with van der Waals surface area (Å²) in [5, 5.41) is -0.327. The molecule has 1 aliphatic rings. The Bertz CT molecular complexity index is 676. The molecule has 0 atom stereocenters. The number of nitrogens with zero attached hydrogens (tertiary/aromatic N) is 2. The van der Waals surface area contributed by atoms with Gasteiger partial charge in [-0.1, -0.05) is 3.89 Å². The van der Waals surface area contributed by atoms with Crippen LogP contribution in [0.2, 0.25) is 0 Å². The van der Waals surface area contributed by atoms with Gasteiger partial charge in [-0.3, -0.25) is 0 Å². The van der Waals surface area contributed by atoms with E-state index in [2.05, 4.69) is 15.0 Å². The molecule has 0 bridgehead atoms. The van der Waals surface area contributed by atoms with Crippen molar-refractivity contribution in [1.82, 2.24) is 15.0 Å². The maximum Gasteiger partial charge on any atom is 0.350 e. The van der Waals surface area contributed by atoms with Crippen LogP contribution in [-0.2, 0) is 16.6 Å². The monoisotopic (exact) mass is 255 g/mol. The first kappa shape index (κ1) is 10.6. The Morgan fingerprint density at radius 3 is 2.82 bits per heavy atom. The van der Waals surface area contributed by atoms with E-state index in [1.165, 1.54) is 12.3 Å². The third-order valence-corrected chi connectivity index (χ3v) is 3.60. The lowest BCUT2D eigenvalue weighted by Gasteiger charge is -2.02. The minimum Gasteiger partial charge on any atom is -0.346 e. The van der Waals surface area contributed by atoms with Crippen molar-refractivity contribution in [2.24, 2.45) is 5.92 Å². The molecule has 3 rings (SSSR count). The van der Waals surface area contributed by atoms with Crippen LogP contribution in [0.3, 0.4) is 0 Å². The van der Waals surface area contributed by atoms with Crippen molar-refractivity contribution in [2.45, 2.75) is 24.3 Å². The Balaban J connectivity index is 2.19. The van der Waals surface area contributed by atoms with Crippen LogP contribution in [0.4, 0.5) is 3.89 Å². The molecule has 0 amide bonds. The third kappa shape index (κ3) is 2.02. The van der Waals surface area contributed by atoms with Gasteiger partial charge in [0.05, 0.1) is 5.39 Å². The minimum atomic E-state index is -4.81. The molecule has 90 valence electrons. The first-order valence-corrected chi connectivity index (χ1v) is 6.71. The van der Waals surface area contributed by atoms with E-state index in [1.54, 1.807) is 0 Å². The molecule has 5 nitrogen and oxygen atoms in total. The molecule has 7 heteroatoms. The second kappa shape index (κ2) is 3.49. The topological polar surface area (TPSA) is 75.7 Å². The van der Waals surface area contributed by atoms with Gasteiger partial charge < -0.3 is 4.98 Å². The van der Waals surface area contributed by atoms with E-state index in [0.29, 0.717) is 23.8 Å². The summed E-state index contributed by atoms with van der Waals surface area (Å²) in [4.78, 5) is 10.8. The second-order valence-electron chi connectivity index (χ2n) is 4.27. The number of rotatable bonds is 3. The fraction of sp³-hybridized carbons (Fsp3) is 0.400. The lowest BCUT2D eigenvalue weighted by Crippen LogP contribution is -2.04. The van der Waals surface area contributed by atoms with Gasteiger partial charge in [-0.05, 0) is 24.8 Å². The van der Waals surface area contributed by atoms with Crippen LogP contribution in [0, 0.1) is 5.92 Å². The van der Waals surface area contributed by atoms with Gasteiger partial charge >= 0.3 is 10.2 Å². The SMILES string of the molecule is O=S(=O)(F)c1nc(CC2CC2)nc2[nH]ccc12. The molecule has 2 aromatic rings. The van der Waals surface area contributed by atoms with Crippen LogP contribution in [0.5, 0.6) is 0 Å². The number of nitrogens with one attached hydrogen (secondary N) is 1. The van der Waals surface area contributed by atoms with Crippen molar-refractivity contribution in [1.29, 1.82) is 0 Å². The van der Waals surface area contributed by atoms with Crippen LogP contribution in [0.1, 0.15) is 18.7 Å². The summed E-state index contributed by atoms with van der Waals surface area (Å²) in [6.07, 6.45) is 4.33. The number of hydrogen-bond acceptors (Lipinski definition) is 4. The molecular formula is C10H10FN3O2S. The van der Waals surface area contributed by atoms with Crippen LogP contribution in [-0.4, -0.2) is 23.4 Å². The normalized spacial score (nSPS) is 16.5. The Morgan fingerprint density at radius 2 is 2.18 bits per heavy atom. The van der Waals surface area contributed by atoms with Gasteiger partial charge in [-0.2, -0.15) is 8.42 Å². The molecule has 2 aromatic heterocycles. The summed E-state index contributed by atoms with van der Waals surface area (Å²) in [5.41, 5.74) is 0.367. The van der Waals surface area contributed by atoms with Gasteiger partial charge in [0.15, 0.2) is 5.03 Å². The van der Waals surface area contributed by atoms with Gasteiger partial charge in [-0.25, -0.2) is 9.97 Å². The average molecular weight is 255 g/mol. The molecule has 0 aliphatic heterocycles. The molecule has 1 fully saturated rings. The van der Waals surface area contributed by atoms with E-state index in [0.717, 1.165) is 12.8 Å². The minimum absolute atomic E-state index is 0.201. The highest BCUT2D eigenvalue weighted by atomic mass is 32.3. The standard InChI is InChI=1S/C10H10FN3O2S/c11-17(15,16)10-7-3-4-12-9(7)13-8(14-10)5-6-1-2-6/h3-4,6H,1-2,5H2,(H,12,13,14). The van der Waals surface area contributed by atoms with E-state index in [9.17, 15) is 12.3 Å². The number of halogens is 1. The highest BCUT2D eigenvalue weighted by Gasteiger charge is 2.26. The molecule has 2 heterocycles. The Labute approximate surface area is 97.3 Å². The smallest absolute Gasteiger partial charge is 0.346 e. The highest BCUT2D eigenvalue weighted by Crippen LogP contribution is 2.32. The molecule has 0 unspecified atom stereocenters. The van der Waals surface area contributed by atoms with Crippen molar-refractivity contribution >= 4 is 21.3 Å². The van der Waals surface area contributed by atoms with Crippen LogP contribution >= 0.6 is 0 Å². The van der Waals surface area contributed by atoms with Crippen molar-refractivity contribution in [3.8, 4) is 0 Å². The zero-order valence-corrected chi connectivity index (χ0v) is 9.67. The van der Waals surface area contributed by atoms with Crippen LogP contribution in [0.25, 0.3) is 11.0 Å². The van der Waals surface area contributed by atoms with Crippen molar-refractivity contribution < 1.29 is 12.3 Å². The maximum atomic E-state index is 13.1. The first-order chi connectivity index (χ1) is 8.04. The van der Waals surface area contributed by atoms with Crippen LogP contribution in [0.15, 0.2) is 17.3 Å². The number of H-pyrrole nitrogens is 1. The Hall–Kier alpha value is -1.50. The quantitative estimate of drug-likeness (QED) is 0.667. The zero-order chi connectivity index (χ0) is 12.0. The van der Waals surface area contributed by atoms with Gasteiger partial charge in [0, 0.05) is 12.6 Å². The highest BCUT2D eigenvalue weighted by molar-refractivity contribution is 7.86. The van der Waals surface area contributed by atoms with Gasteiger partial charge in [-0.15, -0.1) is 0 Å². The number of aromatic nitrogens is 3. The fourth-order valence-corrected chi connectivity index (χ4v) is 2.46. The Kier molecular flexibility index (Phi) is 2.19. The average Bonchev–Trinajstić information content (AvgIpc) is 2.92. The van der Waals surface area contributed by atoms with Gasteiger partial charge in [0.1, 0.15) is 11.5 Å². The second-order valence-corrected chi connectivity index (χ2v) is 5.53. The van der Waals surface area contributed by atoms with Crippen molar-refractivity contribution in [2.75, 3.05) is 0 Å². The van der Waals surface area contributed by atoms with Crippen molar-refractivity contribution in [3.63, 3.8) is 0 Å². The maximum absolute atomic E-state index is 13.1. The summed E-state index contributed by atoms with van der Waals surface area (Å²) in [6, 6.07) is 1.46. The largest absolute Gasteiger partial charge is 0.350 e. The molecule has 1 saturated carbocycles. The molecule has 1 N–H and O–H groups in total. The van der Waals surface area contributed by atoms with Gasteiger partial charge in [0.2, 0.25) is 0 Å². The predicted molar refractivity (Wildman–Crippen MR) is 58.6 cm³/mol. The first-order valence-electron chi connectivity index (χ1n) is 5.33. The molecule has 0 radical (unpaired) electrons. The predicted octanol–water partition coefficient (Wildman–Crippen LogP) is 1.57. The number of fused-ring (bicyclic) bond motifs is 1. The van der Waals surface area contributed by atoms with E-state index < -0.39 is 15.2 Å². The molecule has 1 aliphatic carbocycles. The van der Waals surface area contributed by atoms with Gasteiger partial charge in [0.25, 0.3) is 0 Å². The lowest BCUT2D eigenvalue weighted by molar-refractivity contribution is 0.547. The van der Waals surface area contributed by atoms with E-state index in [-0.39, 0.29) is 5.39 Å². The number of hydrogen-bond donors (Lipinski definition) is 1. The zero-order valence-electron chi connectivity index (χ0n) is 8.85. The molecule has 0 saturated heterocycles.